The molecule has 0 aliphatic rings. The van der Waals surface area contributed by atoms with Crippen molar-refractivity contribution >= 4 is 5.97 Å². The van der Waals surface area contributed by atoms with Crippen molar-refractivity contribution in [2.45, 2.75) is 19.4 Å². The fourth-order valence-electron chi connectivity index (χ4n) is 1.50. The third-order valence-corrected chi connectivity index (χ3v) is 2.58. The molecule has 18 heavy (non-hydrogen) atoms. The number of hydrogen-bond donors (Lipinski definition) is 2. The average Bonchev–Trinajstić information content (AvgIpc) is 2.36. The Kier molecular flexibility index (Phi) is 4.88. The number of phenols is 1. The van der Waals surface area contributed by atoms with Crippen molar-refractivity contribution < 1.29 is 24.8 Å². The SMILES string of the molecule is C=C(C)[C@H](Cc1cc(C(=O)OC)ccc1O)OO. The van der Waals surface area contributed by atoms with Gasteiger partial charge in [-0.3, -0.25) is 5.26 Å². The number of carbonyl (C=O) groups is 1. The van der Waals surface area contributed by atoms with E-state index < -0.39 is 12.1 Å². The summed E-state index contributed by atoms with van der Waals surface area (Å²) in [6.07, 6.45) is -0.425. The monoisotopic (exact) mass is 252 g/mol. The molecule has 5 heteroatoms. The van der Waals surface area contributed by atoms with Gasteiger partial charge < -0.3 is 9.84 Å². The molecule has 1 rings (SSSR count). The number of carbonyl (C=O) groups excluding carboxylic acids is 1. The number of methoxy groups -OCH3 is 1. The van der Waals surface area contributed by atoms with E-state index in [1.165, 1.54) is 25.3 Å². The van der Waals surface area contributed by atoms with Gasteiger partial charge >= 0.3 is 5.97 Å². The molecule has 5 nitrogen and oxygen atoms in total. The van der Waals surface area contributed by atoms with Crippen LogP contribution < -0.4 is 0 Å². The van der Waals surface area contributed by atoms with Gasteiger partial charge in [-0.2, -0.15) is 0 Å². The third kappa shape index (κ3) is 3.32. The lowest BCUT2D eigenvalue weighted by Crippen LogP contribution is -2.15. The van der Waals surface area contributed by atoms with Crippen molar-refractivity contribution in [3.63, 3.8) is 0 Å². The molecular formula is C13H16O5. The van der Waals surface area contributed by atoms with Gasteiger partial charge in [0.25, 0.3) is 0 Å². The van der Waals surface area contributed by atoms with Crippen LogP contribution in [-0.4, -0.2) is 29.5 Å². The Morgan fingerprint density at radius 1 is 1.50 bits per heavy atom. The maximum absolute atomic E-state index is 11.4. The molecule has 2 N–H and O–H groups in total. The highest BCUT2D eigenvalue weighted by atomic mass is 17.1. The van der Waals surface area contributed by atoms with Gasteiger partial charge in [-0.25, -0.2) is 9.68 Å². The van der Waals surface area contributed by atoms with Gasteiger partial charge in [-0.15, -0.1) is 0 Å². The smallest absolute Gasteiger partial charge is 0.337 e. The summed E-state index contributed by atoms with van der Waals surface area (Å²) >= 11 is 0. The Morgan fingerprint density at radius 3 is 2.67 bits per heavy atom. The zero-order valence-corrected chi connectivity index (χ0v) is 10.3. The number of hydrogen-bond acceptors (Lipinski definition) is 5. The second-order valence-electron chi connectivity index (χ2n) is 3.98. The van der Waals surface area contributed by atoms with Gasteiger partial charge in [-0.05, 0) is 36.3 Å². The third-order valence-electron chi connectivity index (χ3n) is 2.58. The number of aromatic hydroxyl groups is 1. The number of phenolic OH excluding ortho intramolecular Hbond substituents is 1. The van der Waals surface area contributed by atoms with Crippen molar-refractivity contribution in [3.8, 4) is 5.75 Å². The zero-order chi connectivity index (χ0) is 13.7. The van der Waals surface area contributed by atoms with Crippen LogP contribution >= 0.6 is 0 Å². The molecule has 1 atom stereocenters. The molecule has 0 unspecified atom stereocenters. The largest absolute Gasteiger partial charge is 0.508 e. The van der Waals surface area contributed by atoms with Crippen molar-refractivity contribution in [1.82, 2.24) is 0 Å². The summed E-state index contributed by atoms with van der Waals surface area (Å²) < 4.78 is 4.59. The second kappa shape index (κ2) is 6.18. The Bertz CT molecular complexity index is 453. The minimum Gasteiger partial charge on any atom is -0.508 e. The molecule has 0 bridgehead atoms. The molecule has 0 fully saturated rings. The van der Waals surface area contributed by atoms with E-state index in [2.05, 4.69) is 16.2 Å². The number of benzene rings is 1. The summed E-state index contributed by atoms with van der Waals surface area (Å²) in [6, 6.07) is 4.35. The molecule has 1 aromatic carbocycles. The highest BCUT2D eigenvalue weighted by Crippen LogP contribution is 2.22. The number of ether oxygens (including phenoxy) is 1. The fourth-order valence-corrected chi connectivity index (χ4v) is 1.50. The summed E-state index contributed by atoms with van der Waals surface area (Å²) in [6.45, 7) is 5.36. The molecule has 0 amide bonds. The van der Waals surface area contributed by atoms with E-state index in [4.69, 9.17) is 5.26 Å². The van der Waals surface area contributed by atoms with E-state index >= 15 is 0 Å². The quantitative estimate of drug-likeness (QED) is 0.363. The van der Waals surface area contributed by atoms with E-state index in [-0.39, 0.29) is 12.2 Å². The normalized spacial score (nSPS) is 11.9. The first-order chi connectivity index (χ1) is 8.49. The Hall–Kier alpha value is -1.85. The van der Waals surface area contributed by atoms with Crippen LogP contribution in [0.2, 0.25) is 0 Å². The molecule has 0 radical (unpaired) electrons. The lowest BCUT2D eigenvalue weighted by Gasteiger charge is -2.14. The molecule has 0 aromatic heterocycles. The van der Waals surface area contributed by atoms with Gasteiger partial charge in [0.05, 0.1) is 12.7 Å². The van der Waals surface area contributed by atoms with E-state index in [1.54, 1.807) is 6.92 Å². The Balaban J connectivity index is 3.00. The number of rotatable bonds is 5. The maximum Gasteiger partial charge on any atom is 0.337 e. The molecule has 98 valence electrons. The van der Waals surface area contributed by atoms with Gasteiger partial charge in [0.2, 0.25) is 0 Å². The van der Waals surface area contributed by atoms with Crippen LogP contribution in [0.3, 0.4) is 0 Å². The molecular weight excluding hydrogens is 236 g/mol. The average molecular weight is 252 g/mol. The molecule has 0 aliphatic heterocycles. The van der Waals surface area contributed by atoms with Crippen molar-refractivity contribution in [3.05, 3.63) is 41.5 Å². The van der Waals surface area contributed by atoms with Gasteiger partial charge in [0.15, 0.2) is 0 Å². The van der Waals surface area contributed by atoms with Crippen LogP contribution in [0.15, 0.2) is 30.4 Å². The van der Waals surface area contributed by atoms with Crippen LogP contribution in [0.1, 0.15) is 22.8 Å². The van der Waals surface area contributed by atoms with E-state index in [9.17, 15) is 9.90 Å². The van der Waals surface area contributed by atoms with Crippen molar-refractivity contribution in [2.24, 2.45) is 0 Å². The van der Waals surface area contributed by atoms with Gasteiger partial charge in [0.1, 0.15) is 11.9 Å². The Morgan fingerprint density at radius 2 is 2.17 bits per heavy atom. The summed E-state index contributed by atoms with van der Waals surface area (Å²) in [5.41, 5.74) is 1.41. The highest BCUT2D eigenvalue weighted by molar-refractivity contribution is 5.89. The molecule has 0 saturated carbocycles. The van der Waals surface area contributed by atoms with Crippen LogP contribution in [0.25, 0.3) is 0 Å². The molecule has 1 aromatic rings. The van der Waals surface area contributed by atoms with E-state index in [1.807, 2.05) is 0 Å². The summed E-state index contributed by atoms with van der Waals surface area (Å²) in [7, 11) is 1.28. The Labute approximate surface area is 105 Å². The maximum atomic E-state index is 11.4. The minimum atomic E-state index is -0.635. The predicted octanol–water partition coefficient (Wildman–Crippen LogP) is 2.16. The predicted molar refractivity (Wildman–Crippen MR) is 65.5 cm³/mol. The van der Waals surface area contributed by atoms with Crippen LogP contribution in [0.4, 0.5) is 0 Å². The lowest BCUT2D eigenvalue weighted by atomic mass is 10.0. The first-order valence-electron chi connectivity index (χ1n) is 5.35. The molecule has 0 heterocycles. The van der Waals surface area contributed by atoms with E-state index in [0.29, 0.717) is 16.7 Å². The fraction of sp³-hybridized carbons (Fsp3) is 0.308. The van der Waals surface area contributed by atoms with E-state index in [0.717, 1.165) is 0 Å². The van der Waals surface area contributed by atoms with Gasteiger partial charge in [0, 0.05) is 6.42 Å². The molecule has 0 aliphatic carbocycles. The summed E-state index contributed by atoms with van der Waals surface area (Å²) in [5, 5.41) is 18.4. The summed E-state index contributed by atoms with van der Waals surface area (Å²) in [5.74, 6) is -0.473. The standard InChI is InChI=1S/C13H16O5/c1-8(2)12(18-16)7-10-6-9(13(15)17-3)4-5-11(10)14/h4-6,12,14,16H,1,7H2,2-3H3/t12-/m0/s1. The second-order valence-corrected chi connectivity index (χ2v) is 3.98. The van der Waals surface area contributed by atoms with Gasteiger partial charge in [-0.1, -0.05) is 6.58 Å². The minimum absolute atomic E-state index is 0.0194. The molecule has 0 saturated heterocycles. The lowest BCUT2D eigenvalue weighted by molar-refractivity contribution is -0.268. The highest BCUT2D eigenvalue weighted by Gasteiger charge is 2.16. The van der Waals surface area contributed by atoms with Crippen LogP contribution in [0, 0.1) is 0 Å². The van der Waals surface area contributed by atoms with Crippen LogP contribution in [0.5, 0.6) is 5.75 Å². The first kappa shape index (κ1) is 14.2. The van der Waals surface area contributed by atoms with Crippen molar-refractivity contribution in [2.75, 3.05) is 7.11 Å². The summed E-state index contributed by atoms with van der Waals surface area (Å²) in [4.78, 5) is 15.6. The van der Waals surface area contributed by atoms with Crippen LogP contribution in [-0.2, 0) is 16.0 Å². The van der Waals surface area contributed by atoms with Crippen molar-refractivity contribution in [1.29, 1.82) is 0 Å². The topological polar surface area (TPSA) is 76.0 Å². The number of esters is 1. The first-order valence-corrected chi connectivity index (χ1v) is 5.35. The zero-order valence-electron chi connectivity index (χ0n) is 10.3. The molecule has 0 spiro atoms.